The predicted octanol–water partition coefficient (Wildman–Crippen LogP) is 4.16. The molecule has 0 spiro atoms. The molecule has 0 aliphatic carbocycles. The number of nitrogens with one attached hydrogen (secondary N) is 1. The maximum atomic E-state index is 4.45. The number of aromatic nitrogens is 3. The zero-order valence-electron chi connectivity index (χ0n) is 11.8. The standard InChI is InChI=1S/C18H14N4/c1-2-8-16(9-3-1)22-13-15(12-20-22)21-17-10-4-6-14-7-5-11-19-18(14)17/h1-13,21H. The maximum absolute atomic E-state index is 4.45. The number of anilines is 2. The van der Waals surface area contributed by atoms with Gasteiger partial charge in [0.15, 0.2) is 0 Å². The van der Waals surface area contributed by atoms with Crippen molar-refractivity contribution < 1.29 is 0 Å². The molecule has 0 fully saturated rings. The summed E-state index contributed by atoms with van der Waals surface area (Å²) in [6.07, 6.45) is 5.59. The minimum absolute atomic E-state index is 0.932. The number of fused-ring (bicyclic) bond motifs is 1. The first-order valence-corrected chi connectivity index (χ1v) is 7.11. The molecule has 0 aliphatic heterocycles. The summed E-state index contributed by atoms with van der Waals surface area (Å²) in [5.41, 5.74) is 3.90. The summed E-state index contributed by atoms with van der Waals surface area (Å²) >= 11 is 0. The second-order valence-corrected chi connectivity index (χ2v) is 5.01. The fourth-order valence-electron chi connectivity index (χ4n) is 2.47. The van der Waals surface area contributed by atoms with Crippen LogP contribution in [0.15, 0.2) is 79.3 Å². The molecule has 4 rings (SSSR count). The van der Waals surface area contributed by atoms with Gasteiger partial charge in [-0.1, -0.05) is 36.4 Å². The van der Waals surface area contributed by atoms with Crippen LogP contribution in [0.25, 0.3) is 16.6 Å². The van der Waals surface area contributed by atoms with Crippen LogP contribution in [0.2, 0.25) is 0 Å². The molecule has 2 heterocycles. The van der Waals surface area contributed by atoms with Gasteiger partial charge in [-0.05, 0) is 24.3 Å². The Morgan fingerprint density at radius 2 is 1.73 bits per heavy atom. The molecule has 0 atom stereocenters. The highest BCUT2D eigenvalue weighted by molar-refractivity contribution is 5.91. The summed E-state index contributed by atoms with van der Waals surface area (Å²) < 4.78 is 1.85. The van der Waals surface area contributed by atoms with E-state index in [1.54, 1.807) is 6.20 Å². The molecule has 0 radical (unpaired) electrons. The Morgan fingerprint density at radius 1 is 0.864 bits per heavy atom. The topological polar surface area (TPSA) is 42.7 Å². The van der Waals surface area contributed by atoms with Crippen molar-refractivity contribution in [1.82, 2.24) is 14.8 Å². The molecule has 1 N–H and O–H groups in total. The molecule has 2 aromatic heterocycles. The Bertz CT molecular complexity index is 907. The van der Waals surface area contributed by atoms with E-state index < -0.39 is 0 Å². The Balaban J connectivity index is 1.68. The molecule has 4 heteroatoms. The minimum Gasteiger partial charge on any atom is -0.351 e. The van der Waals surface area contributed by atoms with Gasteiger partial charge in [-0.3, -0.25) is 4.98 Å². The van der Waals surface area contributed by atoms with Gasteiger partial charge >= 0.3 is 0 Å². The number of hydrogen-bond acceptors (Lipinski definition) is 3. The molecule has 0 amide bonds. The third kappa shape index (κ3) is 2.31. The molecular weight excluding hydrogens is 272 g/mol. The van der Waals surface area contributed by atoms with E-state index in [4.69, 9.17) is 0 Å². The zero-order chi connectivity index (χ0) is 14.8. The zero-order valence-corrected chi connectivity index (χ0v) is 11.8. The molecule has 4 nitrogen and oxygen atoms in total. The molecule has 0 bridgehead atoms. The second-order valence-electron chi connectivity index (χ2n) is 5.01. The summed E-state index contributed by atoms with van der Waals surface area (Å²) in [7, 11) is 0. The lowest BCUT2D eigenvalue weighted by Crippen LogP contribution is -1.93. The van der Waals surface area contributed by atoms with Crippen molar-refractivity contribution in [2.75, 3.05) is 5.32 Å². The quantitative estimate of drug-likeness (QED) is 0.615. The van der Waals surface area contributed by atoms with Gasteiger partial charge in [-0.25, -0.2) is 4.68 Å². The molecule has 4 aromatic rings. The van der Waals surface area contributed by atoms with E-state index >= 15 is 0 Å². The minimum atomic E-state index is 0.932. The van der Waals surface area contributed by atoms with Crippen molar-refractivity contribution in [3.8, 4) is 5.69 Å². The largest absolute Gasteiger partial charge is 0.351 e. The number of nitrogens with zero attached hydrogens (tertiary/aromatic N) is 3. The van der Waals surface area contributed by atoms with Crippen molar-refractivity contribution in [2.45, 2.75) is 0 Å². The van der Waals surface area contributed by atoms with Gasteiger partial charge in [-0.2, -0.15) is 5.10 Å². The lowest BCUT2D eigenvalue weighted by molar-refractivity contribution is 0.881. The normalized spacial score (nSPS) is 10.7. The van der Waals surface area contributed by atoms with Crippen molar-refractivity contribution in [1.29, 1.82) is 0 Å². The molecule has 0 saturated heterocycles. The van der Waals surface area contributed by atoms with E-state index in [-0.39, 0.29) is 0 Å². The number of hydrogen-bond donors (Lipinski definition) is 1. The van der Waals surface area contributed by atoms with Gasteiger partial charge in [0, 0.05) is 11.6 Å². The average Bonchev–Trinajstić information content (AvgIpc) is 3.05. The lowest BCUT2D eigenvalue weighted by atomic mass is 10.2. The van der Waals surface area contributed by atoms with E-state index in [1.807, 2.05) is 65.6 Å². The van der Waals surface area contributed by atoms with Gasteiger partial charge in [0.25, 0.3) is 0 Å². The summed E-state index contributed by atoms with van der Waals surface area (Å²) in [6, 6.07) is 20.1. The number of rotatable bonds is 3. The summed E-state index contributed by atoms with van der Waals surface area (Å²) in [4.78, 5) is 4.45. The highest BCUT2D eigenvalue weighted by atomic mass is 15.3. The van der Waals surface area contributed by atoms with E-state index in [0.717, 1.165) is 28.0 Å². The summed E-state index contributed by atoms with van der Waals surface area (Å²) in [5, 5.41) is 8.90. The summed E-state index contributed by atoms with van der Waals surface area (Å²) in [6.45, 7) is 0. The van der Waals surface area contributed by atoms with Gasteiger partial charge in [0.05, 0.1) is 35.0 Å². The summed E-state index contributed by atoms with van der Waals surface area (Å²) in [5.74, 6) is 0. The van der Waals surface area contributed by atoms with Crippen LogP contribution in [0, 0.1) is 0 Å². The van der Waals surface area contributed by atoms with Gasteiger partial charge in [-0.15, -0.1) is 0 Å². The maximum Gasteiger partial charge on any atom is 0.0936 e. The third-order valence-corrected chi connectivity index (χ3v) is 3.52. The van der Waals surface area contributed by atoms with Crippen molar-refractivity contribution in [2.24, 2.45) is 0 Å². The molecule has 0 saturated carbocycles. The van der Waals surface area contributed by atoms with E-state index in [9.17, 15) is 0 Å². The molecular formula is C18H14N4. The van der Waals surface area contributed by atoms with Crippen LogP contribution in [-0.2, 0) is 0 Å². The molecule has 2 aromatic carbocycles. The Kier molecular flexibility index (Phi) is 3.05. The molecule has 22 heavy (non-hydrogen) atoms. The van der Waals surface area contributed by atoms with Crippen molar-refractivity contribution >= 4 is 22.3 Å². The van der Waals surface area contributed by atoms with Crippen LogP contribution in [0.1, 0.15) is 0 Å². The average molecular weight is 286 g/mol. The second kappa shape index (κ2) is 5.33. The lowest BCUT2D eigenvalue weighted by Gasteiger charge is -2.06. The monoisotopic (exact) mass is 286 g/mol. The smallest absolute Gasteiger partial charge is 0.0936 e. The highest BCUT2D eigenvalue weighted by Crippen LogP contribution is 2.24. The van der Waals surface area contributed by atoms with E-state index in [0.29, 0.717) is 0 Å². The fraction of sp³-hybridized carbons (Fsp3) is 0. The first kappa shape index (κ1) is 12.6. The Labute approximate surface area is 128 Å². The molecule has 0 aliphatic rings. The Hall–Kier alpha value is -3.14. The molecule has 0 unspecified atom stereocenters. The van der Waals surface area contributed by atoms with Crippen LogP contribution in [0.4, 0.5) is 11.4 Å². The number of pyridine rings is 1. The van der Waals surface area contributed by atoms with Crippen molar-refractivity contribution in [3.05, 3.63) is 79.3 Å². The first-order chi connectivity index (χ1) is 10.9. The van der Waals surface area contributed by atoms with E-state index in [1.165, 1.54) is 0 Å². The highest BCUT2D eigenvalue weighted by Gasteiger charge is 2.04. The van der Waals surface area contributed by atoms with Gasteiger partial charge < -0.3 is 5.32 Å². The van der Waals surface area contributed by atoms with Gasteiger partial charge in [0.1, 0.15) is 0 Å². The SMILES string of the molecule is c1ccc(-n2cc(Nc3cccc4cccnc34)cn2)cc1. The third-order valence-electron chi connectivity index (χ3n) is 3.52. The number of para-hydroxylation sites is 2. The van der Waals surface area contributed by atoms with Crippen LogP contribution in [0.3, 0.4) is 0 Å². The molecule has 106 valence electrons. The van der Waals surface area contributed by atoms with Crippen LogP contribution >= 0.6 is 0 Å². The predicted molar refractivity (Wildman–Crippen MR) is 88.6 cm³/mol. The van der Waals surface area contributed by atoms with Crippen LogP contribution in [0.5, 0.6) is 0 Å². The van der Waals surface area contributed by atoms with Crippen molar-refractivity contribution in [3.63, 3.8) is 0 Å². The Morgan fingerprint density at radius 3 is 2.64 bits per heavy atom. The van der Waals surface area contributed by atoms with Crippen LogP contribution < -0.4 is 5.32 Å². The van der Waals surface area contributed by atoms with Gasteiger partial charge in [0.2, 0.25) is 0 Å². The van der Waals surface area contributed by atoms with E-state index in [2.05, 4.69) is 27.5 Å². The first-order valence-electron chi connectivity index (χ1n) is 7.11. The fourth-order valence-corrected chi connectivity index (χ4v) is 2.47. The van der Waals surface area contributed by atoms with Crippen LogP contribution in [-0.4, -0.2) is 14.8 Å². The number of benzene rings is 2.